The average molecular weight is 422 g/mol. The largest absolute Gasteiger partial charge is 0.378 e. The maximum Gasteiger partial charge on any atom is 0.277 e. The third-order valence-electron chi connectivity index (χ3n) is 4.72. The topological polar surface area (TPSA) is 170 Å². The van der Waals surface area contributed by atoms with E-state index < -0.39 is 10.2 Å². The normalized spacial score (nSPS) is 18.8. The highest BCUT2D eigenvalue weighted by Gasteiger charge is 2.27. The fraction of sp³-hybridized carbons (Fsp3) is 0.533. The fourth-order valence-corrected chi connectivity index (χ4v) is 3.80. The van der Waals surface area contributed by atoms with Crippen molar-refractivity contribution < 1.29 is 13.2 Å². The van der Waals surface area contributed by atoms with Crippen molar-refractivity contribution in [2.75, 3.05) is 68.0 Å². The molecule has 0 radical (unpaired) electrons. The molecule has 4 N–H and O–H groups in total. The number of hydrogen-bond donors (Lipinski definition) is 2. The summed E-state index contributed by atoms with van der Waals surface area (Å²) in [6.45, 7) is 3.88. The van der Waals surface area contributed by atoms with Crippen LogP contribution >= 0.6 is 0 Å². The Morgan fingerprint density at radius 1 is 0.862 bits per heavy atom. The molecule has 0 spiro atoms. The second-order valence-corrected chi connectivity index (χ2v) is 8.17. The molecule has 4 rings (SSSR count). The molecule has 2 aliphatic heterocycles. The molecule has 2 saturated heterocycles. The highest BCUT2D eigenvalue weighted by atomic mass is 32.2. The number of ether oxygens (including phenoxy) is 1. The van der Waals surface area contributed by atoms with Gasteiger partial charge in [-0.05, 0) is 0 Å². The first-order chi connectivity index (χ1) is 13.9. The van der Waals surface area contributed by atoms with E-state index in [-0.39, 0.29) is 19.0 Å². The molecule has 0 bridgehead atoms. The van der Waals surface area contributed by atoms with Crippen LogP contribution in [0.5, 0.6) is 0 Å². The summed E-state index contributed by atoms with van der Waals surface area (Å²) in [5.74, 6) is 1.57. The molecule has 2 aromatic rings. The van der Waals surface area contributed by atoms with E-state index in [0.717, 1.165) is 0 Å². The summed E-state index contributed by atoms with van der Waals surface area (Å²) >= 11 is 0. The molecule has 4 heterocycles. The fourth-order valence-electron chi connectivity index (χ4n) is 3.13. The van der Waals surface area contributed by atoms with E-state index in [4.69, 9.17) is 15.6 Å². The number of nitrogens with two attached hydrogens (primary N) is 2. The number of nitrogens with zero attached hydrogens (tertiary/aromatic N) is 8. The molecular formula is C15H22N10O3S. The van der Waals surface area contributed by atoms with Crippen LogP contribution in [0, 0.1) is 0 Å². The molecule has 2 fully saturated rings. The number of piperazine rings is 1. The summed E-state index contributed by atoms with van der Waals surface area (Å²) in [7, 11) is -3.71. The minimum Gasteiger partial charge on any atom is -0.378 e. The highest BCUT2D eigenvalue weighted by Crippen LogP contribution is 2.22. The monoisotopic (exact) mass is 422 g/mol. The Balaban J connectivity index is 1.65. The molecule has 0 unspecified atom stereocenters. The summed E-state index contributed by atoms with van der Waals surface area (Å²) in [4.78, 5) is 25.7. The second-order valence-electron chi connectivity index (χ2n) is 6.62. The highest BCUT2D eigenvalue weighted by molar-refractivity contribution is 7.86. The third-order valence-corrected chi connectivity index (χ3v) is 5.80. The van der Waals surface area contributed by atoms with Crippen LogP contribution in [0.25, 0.3) is 11.4 Å². The van der Waals surface area contributed by atoms with Gasteiger partial charge in [0.05, 0.1) is 18.8 Å². The summed E-state index contributed by atoms with van der Waals surface area (Å²) < 4.78 is 29.8. The van der Waals surface area contributed by atoms with E-state index in [1.807, 2.05) is 9.80 Å². The van der Waals surface area contributed by atoms with E-state index in [1.54, 1.807) is 12.4 Å². The maximum atomic E-state index is 11.6. The second kappa shape index (κ2) is 7.98. The van der Waals surface area contributed by atoms with Crippen molar-refractivity contribution in [3.63, 3.8) is 0 Å². The number of aromatic nitrogens is 5. The minimum atomic E-state index is -3.71. The molecule has 0 atom stereocenters. The molecule has 0 saturated carbocycles. The van der Waals surface area contributed by atoms with Gasteiger partial charge < -0.3 is 20.3 Å². The molecule has 0 aromatic carbocycles. The zero-order valence-electron chi connectivity index (χ0n) is 15.7. The van der Waals surface area contributed by atoms with Crippen LogP contribution in [0.1, 0.15) is 0 Å². The van der Waals surface area contributed by atoms with Crippen LogP contribution in [0.15, 0.2) is 12.4 Å². The van der Waals surface area contributed by atoms with Gasteiger partial charge in [-0.3, -0.25) is 0 Å². The van der Waals surface area contributed by atoms with Crippen molar-refractivity contribution in [2.45, 2.75) is 0 Å². The zero-order chi connectivity index (χ0) is 20.4. The smallest absolute Gasteiger partial charge is 0.277 e. The summed E-state index contributed by atoms with van der Waals surface area (Å²) in [6, 6.07) is 0. The minimum absolute atomic E-state index is 0.163. The van der Waals surface area contributed by atoms with Crippen molar-refractivity contribution in [3.05, 3.63) is 12.4 Å². The molecule has 2 aliphatic rings. The predicted molar refractivity (Wildman–Crippen MR) is 105 cm³/mol. The molecule has 29 heavy (non-hydrogen) atoms. The van der Waals surface area contributed by atoms with Gasteiger partial charge in [-0.15, -0.1) is 0 Å². The molecule has 14 heteroatoms. The number of hydrogen-bond acceptors (Lipinski definition) is 11. The van der Waals surface area contributed by atoms with Crippen LogP contribution in [0.2, 0.25) is 0 Å². The zero-order valence-corrected chi connectivity index (χ0v) is 16.5. The Bertz CT molecular complexity index is 957. The molecule has 156 valence electrons. The van der Waals surface area contributed by atoms with Crippen LogP contribution < -0.4 is 20.7 Å². The molecule has 13 nitrogen and oxygen atoms in total. The van der Waals surface area contributed by atoms with Crippen LogP contribution in [-0.2, 0) is 14.9 Å². The summed E-state index contributed by atoms with van der Waals surface area (Å²) in [6.07, 6.45) is 3.12. The van der Waals surface area contributed by atoms with Gasteiger partial charge in [-0.1, -0.05) is 0 Å². The average Bonchev–Trinajstić information content (AvgIpc) is 2.74. The first-order valence-electron chi connectivity index (χ1n) is 9.09. The molecule has 2 aromatic heterocycles. The number of nitrogen functional groups attached to an aromatic ring is 1. The van der Waals surface area contributed by atoms with E-state index in [2.05, 4.69) is 24.9 Å². The lowest BCUT2D eigenvalue weighted by Gasteiger charge is -2.33. The Kier molecular flexibility index (Phi) is 5.40. The van der Waals surface area contributed by atoms with E-state index in [1.165, 1.54) is 4.31 Å². The number of anilines is 3. The van der Waals surface area contributed by atoms with E-state index in [9.17, 15) is 8.42 Å². The van der Waals surface area contributed by atoms with Crippen molar-refractivity contribution in [2.24, 2.45) is 5.14 Å². The Hall–Kier alpha value is -2.68. The van der Waals surface area contributed by atoms with E-state index in [0.29, 0.717) is 62.7 Å². The van der Waals surface area contributed by atoms with Crippen molar-refractivity contribution >= 4 is 28.1 Å². The molecular weight excluding hydrogens is 400 g/mol. The first-order valence-corrected chi connectivity index (χ1v) is 10.6. The molecule has 0 aliphatic carbocycles. The van der Waals surface area contributed by atoms with Gasteiger partial charge in [0, 0.05) is 51.7 Å². The van der Waals surface area contributed by atoms with Gasteiger partial charge in [0.15, 0.2) is 5.82 Å². The van der Waals surface area contributed by atoms with Crippen LogP contribution in [-0.4, -0.2) is 90.1 Å². The standard InChI is InChI=1S/C15H22N10O3S/c16-13-18-9-11(10-19-13)12-20-14(22-15(21-12)24-5-7-28-8-6-24)23-1-3-25(4-2-23)29(17,26)27/h9-10H,1-8H2,(H2,16,18,19)(H2,17,26,27). The van der Waals surface area contributed by atoms with Crippen molar-refractivity contribution in [1.82, 2.24) is 29.2 Å². The van der Waals surface area contributed by atoms with Gasteiger partial charge in [0.1, 0.15) is 0 Å². The van der Waals surface area contributed by atoms with E-state index >= 15 is 0 Å². The Morgan fingerprint density at radius 3 is 1.97 bits per heavy atom. The van der Waals surface area contributed by atoms with Crippen molar-refractivity contribution in [3.8, 4) is 11.4 Å². The van der Waals surface area contributed by atoms with Crippen LogP contribution in [0.4, 0.5) is 17.8 Å². The SMILES string of the molecule is Nc1ncc(-c2nc(N3CCOCC3)nc(N3CCN(S(N)(=O)=O)CC3)n2)cn1. The Labute approximate surface area is 167 Å². The lowest BCUT2D eigenvalue weighted by atomic mass is 10.3. The van der Waals surface area contributed by atoms with Crippen molar-refractivity contribution in [1.29, 1.82) is 0 Å². The summed E-state index contributed by atoms with van der Waals surface area (Å²) in [5, 5.41) is 5.22. The third kappa shape index (κ3) is 4.50. The maximum absolute atomic E-state index is 11.6. The van der Waals surface area contributed by atoms with Gasteiger partial charge >= 0.3 is 0 Å². The lowest BCUT2D eigenvalue weighted by Crippen LogP contribution is -2.51. The lowest BCUT2D eigenvalue weighted by molar-refractivity contribution is 0.122. The predicted octanol–water partition coefficient (Wildman–Crippen LogP) is -1.93. The van der Waals surface area contributed by atoms with Gasteiger partial charge in [-0.2, -0.15) is 27.7 Å². The van der Waals surface area contributed by atoms with Crippen LogP contribution in [0.3, 0.4) is 0 Å². The van der Waals surface area contributed by atoms with Gasteiger partial charge in [0.2, 0.25) is 17.8 Å². The summed E-state index contributed by atoms with van der Waals surface area (Å²) in [5.41, 5.74) is 6.19. The Morgan fingerprint density at radius 2 is 1.41 bits per heavy atom. The van der Waals surface area contributed by atoms with Gasteiger partial charge in [-0.25, -0.2) is 15.1 Å². The number of morpholine rings is 1. The first kappa shape index (κ1) is 19.6. The quantitative estimate of drug-likeness (QED) is 0.562. The molecule has 0 amide bonds. The van der Waals surface area contributed by atoms with Gasteiger partial charge in [0.25, 0.3) is 10.2 Å². The number of rotatable bonds is 4.